The molecule has 2 aromatic heterocycles. The summed E-state index contributed by atoms with van der Waals surface area (Å²) in [7, 11) is 0. The minimum Gasteiger partial charge on any atom is -0.502 e. The maximum atomic E-state index is 13.8. The van der Waals surface area contributed by atoms with Gasteiger partial charge in [0.1, 0.15) is 6.17 Å². The summed E-state index contributed by atoms with van der Waals surface area (Å²) in [5, 5.41) is 12.7. The SMILES string of the molecule is CCN1C(=O)c2c(O)c(=O)c(C(=O)CCc3ccc(F)nc3F)cn2N2C[C@@H]3CC[C@@H](C3)[C@@H]12. The van der Waals surface area contributed by atoms with E-state index in [9.17, 15) is 28.3 Å². The average molecular weight is 458 g/mol. The van der Waals surface area contributed by atoms with Crippen molar-refractivity contribution in [2.75, 3.05) is 18.1 Å². The number of rotatable bonds is 5. The number of pyridine rings is 2. The second-order valence-corrected chi connectivity index (χ2v) is 8.99. The number of halogens is 2. The average Bonchev–Trinajstić information content (AvgIpc) is 3.17. The topological polar surface area (TPSA) is 95.7 Å². The molecule has 33 heavy (non-hydrogen) atoms. The fraction of sp³-hybridized carbons (Fsp3) is 0.478. The number of Topliss-reactive ketones (excluding diaryl/α,β-unsaturated/α-hetero) is 1. The Hall–Kier alpha value is -3.30. The van der Waals surface area contributed by atoms with Crippen LogP contribution in [0, 0.1) is 23.7 Å². The monoisotopic (exact) mass is 458 g/mol. The predicted molar refractivity (Wildman–Crippen MR) is 114 cm³/mol. The van der Waals surface area contributed by atoms with Crippen molar-refractivity contribution >= 4 is 11.7 Å². The quantitative estimate of drug-likeness (QED) is 0.545. The molecule has 174 valence electrons. The summed E-state index contributed by atoms with van der Waals surface area (Å²) in [6.07, 6.45) is 3.89. The van der Waals surface area contributed by atoms with Gasteiger partial charge in [-0.1, -0.05) is 0 Å². The van der Waals surface area contributed by atoms with Gasteiger partial charge in [-0.2, -0.15) is 13.8 Å². The van der Waals surface area contributed by atoms with Gasteiger partial charge in [0.15, 0.2) is 17.2 Å². The zero-order valence-electron chi connectivity index (χ0n) is 18.1. The van der Waals surface area contributed by atoms with Crippen molar-refractivity contribution in [3.8, 4) is 5.75 Å². The minimum atomic E-state index is -1.01. The van der Waals surface area contributed by atoms with Gasteiger partial charge in [-0.05, 0) is 56.6 Å². The highest BCUT2D eigenvalue weighted by Crippen LogP contribution is 2.43. The van der Waals surface area contributed by atoms with Gasteiger partial charge >= 0.3 is 0 Å². The molecule has 1 saturated heterocycles. The van der Waals surface area contributed by atoms with Crippen molar-refractivity contribution in [2.24, 2.45) is 11.8 Å². The highest BCUT2D eigenvalue weighted by Gasteiger charge is 2.49. The number of nitrogens with zero attached hydrogens (tertiary/aromatic N) is 4. The number of ketones is 1. The summed E-state index contributed by atoms with van der Waals surface area (Å²) in [6, 6.07) is 2.20. The van der Waals surface area contributed by atoms with Gasteiger partial charge in [0.25, 0.3) is 5.91 Å². The van der Waals surface area contributed by atoms with Crippen molar-refractivity contribution < 1.29 is 23.5 Å². The van der Waals surface area contributed by atoms with Crippen molar-refractivity contribution in [3.63, 3.8) is 0 Å². The number of hydrogen-bond donors (Lipinski definition) is 1. The van der Waals surface area contributed by atoms with Gasteiger partial charge in [0, 0.05) is 31.3 Å². The first-order valence-electron chi connectivity index (χ1n) is 11.2. The van der Waals surface area contributed by atoms with Gasteiger partial charge in [0.05, 0.1) is 5.56 Å². The van der Waals surface area contributed by atoms with Crippen LogP contribution in [0.15, 0.2) is 23.1 Å². The van der Waals surface area contributed by atoms with Crippen LogP contribution in [0.2, 0.25) is 0 Å². The smallest absolute Gasteiger partial charge is 0.278 e. The molecule has 2 aromatic rings. The number of piperidine rings is 1. The van der Waals surface area contributed by atoms with Gasteiger partial charge in [0.2, 0.25) is 17.3 Å². The number of hydrogen-bond acceptors (Lipinski definition) is 6. The Morgan fingerprint density at radius 3 is 2.76 bits per heavy atom. The summed E-state index contributed by atoms with van der Waals surface area (Å²) in [4.78, 5) is 43.8. The van der Waals surface area contributed by atoms with Crippen LogP contribution in [0.5, 0.6) is 5.75 Å². The molecule has 1 saturated carbocycles. The highest BCUT2D eigenvalue weighted by atomic mass is 19.1. The zero-order chi connectivity index (χ0) is 23.4. The Morgan fingerprint density at radius 2 is 2.03 bits per heavy atom. The lowest BCUT2D eigenvalue weighted by molar-refractivity contribution is 0.0424. The molecule has 2 bridgehead atoms. The lowest BCUT2D eigenvalue weighted by Crippen LogP contribution is -2.66. The van der Waals surface area contributed by atoms with Crippen LogP contribution in [-0.4, -0.2) is 50.6 Å². The fourth-order valence-electron chi connectivity index (χ4n) is 5.58. The van der Waals surface area contributed by atoms with Crippen LogP contribution in [0.3, 0.4) is 0 Å². The Labute approximate surface area is 188 Å². The molecule has 3 aliphatic rings. The predicted octanol–water partition coefficient (Wildman–Crippen LogP) is 2.21. The first-order valence-corrected chi connectivity index (χ1v) is 11.2. The molecule has 3 atom stereocenters. The summed E-state index contributed by atoms with van der Waals surface area (Å²) < 4.78 is 28.3. The van der Waals surface area contributed by atoms with E-state index in [1.807, 2.05) is 11.9 Å². The van der Waals surface area contributed by atoms with Crippen molar-refractivity contribution in [1.82, 2.24) is 14.6 Å². The largest absolute Gasteiger partial charge is 0.502 e. The van der Waals surface area contributed by atoms with Crippen LogP contribution >= 0.6 is 0 Å². The van der Waals surface area contributed by atoms with E-state index in [-0.39, 0.29) is 41.7 Å². The second-order valence-electron chi connectivity index (χ2n) is 8.99. The Kier molecular flexibility index (Phi) is 5.18. The number of carbonyl (C=O) groups excluding carboxylic acids is 2. The van der Waals surface area contributed by atoms with Crippen LogP contribution < -0.4 is 10.4 Å². The molecule has 1 N–H and O–H groups in total. The van der Waals surface area contributed by atoms with E-state index in [1.54, 1.807) is 4.90 Å². The molecule has 0 unspecified atom stereocenters. The van der Waals surface area contributed by atoms with Crippen molar-refractivity contribution in [2.45, 2.75) is 45.2 Å². The molecule has 0 spiro atoms. The number of carbonyl (C=O) groups is 2. The van der Waals surface area contributed by atoms with E-state index in [4.69, 9.17) is 0 Å². The number of aromatic hydroxyl groups is 1. The highest BCUT2D eigenvalue weighted by molar-refractivity contribution is 6.00. The summed E-state index contributed by atoms with van der Waals surface area (Å²) >= 11 is 0. The van der Waals surface area contributed by atoms with Crippen LogP contribution in [0.4, 0.5) is 8.78 Å². The minimum absolute atomic E-state index is 0.0495. The van der Waals surface area contributed by atoms with E-state index in [2.05, 4.69) is 4.98 Å². The van der Waals surface area contributed by atoms with Gasteiger partial charge < -0.3 is 10.0 Å². The zero-order valence-corrected chi connectivity index (χ0v) is 18.1. The number of fused-ring (bicyclic) bond motifs is 6. The Morgan fingerprint density at radius 1 is 1.24 bits per heavy atom. The van der Waals surface area contributed by atoms with Crippen LogP contribution in [0.25, 0.3) is 0 Å². The van der Waals surface area contributed by atoms with Crippen molar-refractivity contribution in [3.05, 3.63) is 57.3 Å². The molecule has 0 radical (unpaired) electrons. The van der Waals surface area contributed by atoms with Crippen LogP contribution in [-0.2, 0) is 6.42 Å². The molecule has 2 aliphatic heterocycles. The van der Waals surface area contributed by atoms with Gasteiger partial charge in [-0.15, -0.1) is 0 Å². The van der Waals surface area contributed by atoms with Crippen LogP contribution in [0.1, 0.15) is 59.0 Å². The standard InChI is InChI=1S/C23H24F2N4O4/c1-2-27-22-14-4-3-12(9-14)10-29(22)28-11-15(19(31)20(32)18(28)23(27)33)16(30)7-5-13-6-8-17(24)26-21(13)25/h6,8,11-12,14,22,32H,2-5,7,9-10H2,1H3/t12-,14+,22+/m1/s1. The summed E-state index contributed by atoms with van der Waals surface area (Å²) in [5.41, 5.74) is -1.27. The first-order chi connectivity index (χ1) is 15.8. The Balaban J connectivity index is 1.51. The molecule has 10 heteroatoms. The molecule has 1 amide bonds. The normalized spacial score (nSPS) is 23.5. The molecule has 0 aromatic carbocycles. The lowest BCUT2D eigenvalue weighted by atomic mass is 9.94. The van der Waals surface area contributed by atoms with E-state index in [1.165, 1.54) is 16.9 Å². The molecule has 4 heterocycles. The molecular formula is C23H24F2N4O4. The summed E-state index contributed by atoms with van der Waals surface area (Å²) in [5.74, 6) is -3.03. The molecule has 1 aliphatic carbocycles. The lowest BCUT2D eigenvalue weighted by Gasteiger charge is -2.51. The van der Waals surface area contributed by atoms with Gasteiger partial charge in [-0.25, -0.2) is 0 Å². The first kappa shape index (κ1) is 21.5. The second kappa shape index (κ2) is 7.93. The third-order valence-electron chi connectivity index (χ3n) is 7.13. The molecule has 2 fully saturated rings. The van der Waals surface area contributed by atoms with E-state index >= 15 is 0 Å². The summed E-state index contributed by atoms with van der Waals surface area (Å²) in [6.45, 7) is 2.95. The molecular weight excluding hydrogens is 434 g/mol. The van der Waals surface area contributed by atoms with E-state index < -0.39 is 34.8 Å². The van der Waals surface area contributed by atoms with Gasteiger partial charge in [-0.3, -0.25) is 24.1 Å². The van der Waals surface area contributed by atoms with E-state index in [0.717, 1.165) is 25.3 Å². The third-order valence-corrected chi connectivity index (χ3v) is 7.13. The number of aryl methyl sites for hydroxylation is 1. The maximum absolute atomic E-state index is 13.8. The molecule has 5 rings (SSSR count). The van der Waals surface area contributed by atoms with Crippen molar-refractivity contribution in [1.29, 1.82) is 0 Å². The molecule has 8 nitrogen and oxygen atoms in total. The number of amides is 1. The fourth-order valence-corrected chi connectivity index (χ4v) is 5.58. The Bertz CT molecular complexity index is 1210. The maximum Gasteiger partial charge on any atom is 0.278 e. The van der Waals surface area contributed by atoms with E-state index in [0.29, 0.717) is 19.0 Å². The number of aromatic nitrogens is 2. The third kappa shape index (κ3) is 3.39.